The molecule has 1 atom stereocenters. The second kappa shape index (κ2) is 8.41. The SMILES string of the molecule is C=Cc1ccc(OC(=O)C(CC)CCCC)c(OC)c1. The summed E-state index contributed by atoms with van der Waals surface area (Å²) in [5.74, 6) is 0.809. The fourth-order valence-corrected chi connectivity index (χ4v) is 2.03. The summed E-state index contributed by atoms with van der Waals surface area (Å²) in [4.78, 5) is 12.2. The summed E-state index contributed by atoms with van der Waals surface area (Å²) in [6.45, 7) is 7.84. The van der Waals surface area contributed by atoms with Crippen molar-refractivity contribution < 1.29 is 14.3 Å². The zero-order valence-electron chi connectivity index (χ0n) is 12.6. The Morgan fingerprint density at radius 3 is 2.65 bits per heavy atom. The topological polar surface area (TPSA) is 35.5 Å². The van der Waals surface area contributed by atoms with E-state index in [1.165, 1.54) is 0 Å². The van der Waals surface area contributed by atoms with Crippen LogP contribution in [0.1, 0.15) is 45.1 Å². The summed E-state index contributed by atoms with van der Waals surface area (Å²) < 4.78 is 10.7. The highest BCUT2D eigenvalue weighted by molar-refractivity contribution is 5.76. The Morgan fingerprint density at radius 2 is 2.10 bits per heavy atom. The molecule has 1 rings (SSSR count). The predicted molar refractivity (Wildman–Crippen MR) is 82.0 cm³/mol. The van der Waals surface area contributed by atoms with Gasteiger partial charge < -0.3 is 9.47 Å². The second-order valence-electron chi connectivity index (χ2n) is 4.78. The first-order valence-corrected chi connectivity index (χ1v) is 7.18. The van der Waals surface area contributed by atoms with Crippen LogP contribution in [0.25, 0.3) is 6.08 Å². The molecule has 0 fully saturated rings. The van der Waals surface area contributed by atoms with Gasteiger partial charge >= 0.3 is 5.97 Å². The van der Waals surface area contributed by atoms with Gasteiger partial charge in [-0.3, -0.25) is 4.79 Å². The summed E-state index contributed by atoms with van der Waals surface area (Å²) in [5, 5.41) is 0. The van der Waals surface area contributed by atoms with Crippen LogP contribution in [-0.4, -0.2) is 13.1 Å². The zero-order valence-corrected chi connectivity index (χ0v) is 12.6. The number of esters is 1. The molecule has 0 aliphatic rings. The number of hydrogen-bond donors (Lipinski definition) is 0. The Morgan fingerprint density at radius 1 is 1.35 bits per heavy atom. The van der Waals surface area contributed by atoms with Crippen molar-refractivity contribution >= 4 is 12.0 Å². The van der Waals surface area contributed by atoms with Gasteiger partial charge in [0, 0.05) is 0 Å². The van der Waals surface area contributed by atoms with Crippen LogP contribution in [0.2, 0.25) is 0 Å². The smallest absolute Gasteiger partial charge is 0.314 e. The van der Waals surface area contributed by atoms with Crippen molar-refractivity contribution in [3.63, 3.8) is 0 Å². The summed E-state index contributed by atoms with van der Waals surface area (Å²) in [5.41, 5.74) is 0.930. The maximum Gasteiger partial charge on any atom is 0.314 e. The lowest BCUT2D eigenvalue weighted by molar-refractivity contribution is -0.139. The molecule has 0 heterocycles. The maximum atomic E-state index is 12.2. The van der Waals surface area contributed by atoms with Crippen molar-refractivity contribution in [3.8, 4) is 11.5 Å². The molecule has 20 heavy (non-hydrogen) atoms. The van der Waals surface area contributed by atoms with Crippen LogP contribution in [0.4, 0.5) is 0 Å². The van der Waals surface area contributed by atoms with Gasteiger partial charge in [0.1, 0.15) is 0 Å². The molecule has 0 N–H and O–H groups in total. The highest BCUT2D eigenvalue weighted by Gasteiger charge is 2.19. The number of rotatable bonds is 8. The first kappa shape index (κ1) is 16.3. The van der Waals surface area contributed by atoms with E-state index >= 15 is 0 Å². The van der Waals surface area contributed by atoms with E-state index in [0.717, 1.165) is 31.2 Å². The average molecular weight is 276 g/mol. The van der Waals surface area contributed by atoms with Gasteiger partial charge in [-0.15, -0.1) is 0 Å². The van der Waals surface area contributed by atoms with Crippen LogP contribution in [0, 0.1) is 5.92 Å². The third kappa shape index (κ3) is 4.41. The summed E-state index contributed by atoms with van der Waals surface area (Å²) in [6.07, 6.45) is 5.52. The third-order valence-corrected chi connectivity index (χ3v) is 3.37. The number of hydrogen-bond acceptors (Lipinski definition) is 3. The van der Waals surface area contributed by atoms with Gasteiger partial charge in [0.05, 0.1) is 13.0 Å². The minimum absolute atomic E-state index is 0.0428. The molecule has 3 heteroatoms. The number of unbranched alkanes of at least 4 members (excludes halogenated alkanes) is 1. The van der Waals surface area contributed by atoms with E-state index in [9.17, 15) is 4.79 Å². The molecular weight excluding hydrogens is 252 g/mol. The van der Waals surface area contributed by atoms with E-state index in [2.05, 4.69) is 13.5 Å². The number of carbonyl (C=O) groups excluding carboxylic acids is 1. The highest BCUT2D eigenvalue weighted by Crippen LogP contribution is 2.29. The molecule has 0 spiro atoms. The quantitative estimate of drug-likeness (QED) is 0.519. The van der Waals surface area contributed by atoms with Gasteiger partial charge in [-0.2, -0.15) is 0 Å². The molecule has 110 valence electrons. The summed E-state index contributed by atoms with van der Waals surface area (Å²) in [7, 11) is 1.56. The van der Waals surface area contributed by atoms with Crippen molar-refractivity contribution in [1.82, 2.24) is 0 Å². The zero-order chi connectivity index (χ0) is 15.0. The fraction of sp³-hybridized carbons (Fsp3) is 0.471. The lowest BCUT2D eigenvalue weighted by Gasteiger charge is -2.15. The normalized spacial score (nSPS) is 11.8. The molecule has 0 saturated carbocycles. The lowest BCUT2D eigenvalue weighted by Crippen LogP contribution is -2.20. The number of benzene rings is 1. The molecule has 0 amide bonds. The lowest BCUT2D eigenvalue weighted by atomic mass is 10.00. The highest BCUT2D eigenvalue weighted by atomic mass is 16.6. The average Bonchev–Trinajstić information content (AvgIpc) is 2.48. The second-order valence-corrected chi connectivity index (χ2v) is 4.78. The Labute approximate surface area is 121 Å². The van der Waals surface area contributed by atoms with E-state index in [1.54, 1.807) is 19.3 Å². The van der Waals surface area contributed by atoms with Gasteiger partial charge in [-0.25, -0.2) is 0 Å². The van der Waals surface area contributed by atoms with Crippen molar-refractivity contribution in [1.29, 1.82) is 0 Å². The van der Waals surface area contributed by atoms with Crippen LogP contribution < -0.4 is 9.47 Å². The first-order valence-electron chi connectivity index (χ1n) is 7.18. The summed E-state index contributed by atoms with van der Waals surface area (Å²) >= 11 is 0. The van der Waals surface area contributed by atoms with Crippen LogP contribution in [0.5, 0.6) is 11.5 Å². The van der Waals surface area contributed by atoms with Crippen molar-refractivity contribution in [2.24, 2.45) is 5.92 Å². The van der Waals surface area contributed by atoms with E-state index in [-0.39, 0.29) is 11.9 Å². The molecule has 0 saturated heterocycles. The molecular formula is C17H24O3. The van der Waals surface area contributed by atoms with Gasteiger partial charge in [-0.1, -0.05) is 45.4 Å². The Kier molecular flexibility index (Phi) is 6.85. The summed E-state index contributed by atoms with van der Waals surface area (Å²) in [6, 6.07) is 5.41. The minimum Gasteiger partial charge on any atom is -0.493 e. The van der Waals surface area contributed by atoms with Gasteiger partial charge in [0.15, 0.2) is 11.5 Å². The Hall–Kier alpha value is -1.77. The van der Waals surface area contributed by atoms with Gasteiger partial charge in [0.25, 0.3) is 0 Å². The largest absolute Gasteiger partial charge is 0.493 e. The molecule has 3 nitrogen and oxygen atoms in total. The van der Waals surface area contributed by atoms with E-state index in [0.29, 0.717) is 11.5 Å². The standard InChI is InChI=1S/C17H24O3/c1-5-8-9-14(7-3)17(18)20-15-11-10-13(6-2)12-16(15)19-4/h6,10-12,14H,2,5,7-9H2,1,3-4H3. The number of ether oxygens (including phenoxy) is 2. The number of methoxy groups -OCH3 is 1. The fourth-order valence-electron chi connectivity index (χ4n) is 2.03. The molecule has 1 aromatic rings. The van der Waals surface area contributed by atoms with Crippen LogP contribution >= 0.6 is 0 Å². The van der Waals surface area contributed by atoms with E-state index in [1.807, 2.05) is 19.1 Å². The monoisotopic (exact) mass is 276 g/mol. The molecule has 0 aromatic heterocycles. The molecule has 0 aliphatic carbocycles. The number of carbonyl (C=O) groups is 1. The van der Waals surface area contributed by atoms with E-state index < -0.39 is 0 Å². The van der Waals surface area contributed by atoms with Gasteiger partial charge in [0.2, 0.25) is 0 Å². The van der Waals surface area contributed by atoms with Crippen molar-refractivity contribution in [2.75, 3.05) is 7.11 Å². The van der Waals surface area contributed by atoms with E-state index in [4.69, 9.17) is 9.47 Å². The van der Waals surface area contributed by atoms with Crippen LogP contribution in [-0.2, 0) is 4.79 Å². The Bertz CT molecular complexity index is 452. The third-order valence-electron chi connectivity index (χ3n) is 3.37. The molecule has 0 aliphatic heterocycles. The first-order chi connectivity index (χ1) is 9.65. The van der Waals surface area contributed by atoms with Gasteiger partial charge in [-0.05, 0) is 30.5 Å². The van der Waals surface area contributed by atoms with Crippen molar-refractivity contribution in [2.45, 2.75) is 39.5 Å². The van der Waals surface area contributed by atoms with Crippen LogP contribution in [0.15, 0.2) is 24.8 Å². The molecule has 1 unspecified atom stereocenters. The minimum atomic E-state index is -0.175. The predicted octanol–water partition coefficient (Wildman–Crippen LogP) is 4.46. The Balaban J connectivity index is 2.80. The van der Waals surface area contributed by atoms with Crippen LogP contribution in [0.3, 0.4) is 0 Å². The molecule has 0 bridgehead atoms. The molecule has 1 aromatic carbocycles. The molecule has 0 radical (unpaired) electrons. The maximum absolute atomic E-state index is 12.2. The van der Waals surface area contributed by atoms with Crippen molar-refractivity contribution in [3.05, 3.63) is 30.3 Å².